The Morgan fingerprint density at radius 3 is 2.46 bits per heavy atom. The van der Waals surface area contributed by atoms with E-state index in [9.17, 15) is 14.4 Å². The summed E-state index contributed by atoms with van der Waals surface area (Å²) < 4.78 is 1.88. The highest BCUT2D eigenvalue weighted by Gasteiger charge is 2.32. The third kappa shape index (κ3) is 2.76. The maximum atomic E-state index is 12.4. The van der Waals surface area contributed by atoms with E-state index in [0.29, 0.717) is 31.8 Å². The van der Waals surface area contributed by atoms with Gasteiger partial charge in [0.1, 0.15) is 12.4 Å². The molecule has 0 N–H and O–H groups in total. The number of hydrogen-bond donors (Lipinski definition) is 0. The zero-order valence-electron chi connectivity index (χ0n) is 14.5. The van der Waals surface area contributed by atoms with Crippen LogP contribution in [0.1, 0.15) is 18.7 Å². The summed E-state index contributed by atoms with van der Waals surface area (Å²) in [6.45, 7) is 3.93. The summed E-state index contributed by atoms with van der Waals surface area (Å²) in [6.07, 6.45) is 3.93. The first kappa shape index (κ1) is 16.4. The topological polar surface area (TPSA) is 104 Å². The van der Waals surface area contributed by atoms with E-state index in [1.807, 2.05) is 17.5 Å². The molecule has 2 saturated heterocycles. The second-order valence-corrected chi connectivity index (χ2v) is 6.43. The Morgan fingerprint density at radius 2 is 1.77 bits per heavy atom. The molecule has 2 aromatic rings. The van der Waals surface area contributed by atoms with Gasteiger partial charge in [0.05, 0.1) is 0 Å². The molecule has 0 radical (unpaired) electrons. The number of hydrogen-bond acceptors (Lipinski definition) is 7. The van der Waals surface area contributed by atoms with Crippen molar-refractivity contribution in [3.63, 3.8) is 0 Å². The molecule has 2 aliphatic heterocycles. The monoisotopic (exact) mass is 357 g/mol. The Hall–Kier alpha value is -3.04. The molecular weight excluding hydrogens is 338 g/mol. The van der Waals surface area contributed by atoms with Crippen molar-refractivity contribution in [2.75, 3.05) is 37.6 Å². The zero-order valence-corrected chi connectivity index (χ0v) is 14.5. The molecule has 10 heteroatoms. The summed E-state index contributed by atoms with van der Waals surface area (Å²) in [6, 6.07) is 0. The number of carbonyl (C=O) groups is 3. The summed E-state index contributed by atoms with van der Waals surface area (Å²) >= 11 is 0. The van der Waals surface area contributed by atoms with Gasteiger partial charge in [0.2, 0.25) is 23.4 Å². The Balaban J connectivity index is 1.41. The molecule has 10 nitrogen and oxygen atoms in total. The average Bonchev–Trinajstić information content (AvgIpc) is 3.19. The van der Waals surface area contributed by atoms with Crippen molar-refractivity contribution >= 4 is 29.2 Å². The number of likely N-dealkylation sites (tertiary alicyclic amines) is 1. The fourth-order valence-corrected chi connectivity index (χ4v) is 3.35. The van der Waals surface area contributed by atoms with Gasteiger partial charge in [-0.1, -0.05) is 0 Å². The normalized spacial score (nSPS) is 18.3. The largest absolute Gasteiger partial charge is 0.350 e. The third-order valence-corrected chi connectivity index (χ3v) is 4.86. The molecule has 136 valence electrons. The van der Waals surface area contributed by atoms with Gasteiger partial charge >= 0.3 is 0 Å². The number of anilines is 1. The number of fused-ring (bicyclic) bond motifs is 1. The fourth-order valence-electron chi connectivity index (χ4n) is 3.35. The minimum atomic E-state index is -0.264. The molecule has 2 fully saturated rings. The molecule has 0 aromatic carbocycles. The third-order valence-electron chi connectivity index (χ3n) is 4.86. The molecule has 0 aliphatic carbocycles. The minimum Gasteiger partial charge on any atom is -0.350 e. The Bertz CT molecular complexity index is 869. The Morgan fingerprint density at radius 1 is 1.08 bits per heavy atom. The molecule has 2 aliphatic rings. The lowest BCUT2D eigenvalue weighted by molar-refractivity contribution is -0.145. The van der Waals surface area contributed by atoms with Crippen LogP contribution in [0.5, 0.6) is 0 Å². The maximum Gasteiger partial charge on any atom is 0.242 e. The number of piperazine rings is 1. The molecule has 0 atom stereocenters. The highest BCUT2D eigenvalue weighted by Crippen LogP contribution is 2.19. The average molecular weight is 357 g/mol. The van der Waals surface area contributed by atoms with Gasteiger partial charge in [0.15, 0.2) is 5.82 Å². The van der Waals surface area contributed by atoms with Crippen molar-refractivity contribution < 1.29 is 14.4 Å². The number of aryl methyl sites for hydroxylation is 1. The summed E-state index contributed by atoms with van der Waals surface area (Å²) in [5, 5.41) is 8.26. The summed E-state index contributed by atoms with van der Waals surface area (Å²) in [5.74, 6) is 0.806. The molecule has 3 amide bonds. The summed E-state index contributed by atoms with van der Waals surface area (Å²) in [4.78, 5) is 45.0. The number of amides is 3. The van der Waals surface area contributed by atoms with Crippen molar-refractivity contribution in [3.05, 3.63) is 18.2 Å². The number of rotatable bonds is 3. The molecule has 26 heavy (non-hydrogen) atoms. The fraction of sp³-hybridized carbons (Fsp3) is 0.500. The van der Waals surface area contributed by atoms with Crippen molar-refractivity contribution in [1.82, 2.24) is 29.4 Å². The second kappa shape index (κ2) is 6.36. The van der Waals surface area contributed by atoms with Gasteiger partial charge in [-0.3, -0.25) is 23.7 Å². The smallest absolute Gasteiger partial charge is 0.242 e. The number of carbonyl (C=O) groups excluding carboxylic acids is 3. The first-order chi connectivity index (χ1) is 12.5. The van der Waals surface area contributed by atoms with Gasteiger partial charge in [-0.15, -0.1) is 10.2 Å². The first-order valence-corrected chi connectivity index (χ1v) is 8.57. The van der Waals surface area contributed by atoms with Gasteiger partial charge in [-0.2, -0.15) is 0 Å². The van der Waals surface area contributed by atoms with Crippen LogP contribution in [-0.4, -0.2) is 79.8 Å². The molecule has 4 rings (SSSR count). The van der Waals surface area contributed by atoms with Crippen LogP contribution in [0.3, 0.4) is 0 Å². The van der Waals surface area contributed by atoms with E-state index < -0.39 is 0 Å². The SMILES string of the molecule is Cc1nnc2c(N3CCN(C(=O)CN4C(=O)CCC4=O)CC3)nccn12. The lowest BCUT2D eigenvalue weighted by atomic mass is 10.3. The van der Waals surface area contributed by atoms with Gasteiger partial charge in [-0.25, -0.2) is 4.98 Å². The number of imide groups is 1. The van der Waals surface area contributed by atoms with Gasteiger partial charge < -0.3 is 9.80 Å². The molecule has 4 heterocycles. The molecule has 0 spiro atoms. The van der Waals surface area contributed by atoms with Crippen molar-refractivity contribution in [2.45, 2.75) is 19.8 Å². The highest BCUT2D eigenvalue weighted by molar-refractivity contribution is 6.04. The standard InChI is InChI=1S/C16H19N7O3/c1-11-18-19-16-15(17-4-5-22(11)16)21-8-6-20(7-9-21)14(26)10-23-12(24)2-3-13(23)25/h4-5H,2-3,6-10H2,1H3. The van der Waals surface area contributed by atoms with Crippen LogP contribution in [0.2, 0.25) is 0 Å². The van der Waals surface area contributed by atoms with Crippen LogP contribution in [0.15, 0.2) is 12.4 Å². The van der Waals surface area contributed by atoms with E-state index >= 15 is 0 Å². The van der Waals surface area contributed by atoms with Crippen LogP contribution in [-0.2, 0) is 14.4 Å². The predicted octanol–water partition coefficient (Wildman–Crippen LogP) is -0.770. The summed E-state index contributed by atoms with van der Waals surface area (Å²) in [5.41, 5.74) is 0.693. The van der Waals surface area contributed by atoms with Crippen LogP contribution in [0.4, 0.5) is 5.82 Å². The van der Waals surface area contributed by atoms with E-state index in [0.717, 1.165) is 16.5 Å². The van der Waals surface area contributed by atoms with Crippen LogP contribution in [0.25, 0.3) is 5.65 Å². The first-order valence-electron chi connectivity index (χ1n) is 8.57. The van der Waals surface area contributed by atoms with E-state index in [1.54, 1.807) is 11.1 Å². The number of aromatic nitrogens is 4. The molecule has 0 bridgehead atoms. The summed E-state index contributed by atoms with van der Waals surface area (Å²) in [7, 11) is 0. The zero-order chi connectivity index (χ0) is 18.3. The van der Waals surface area contributed by atoms with Crippen LogP contribution in [0, 0.1) is 6.92 Å². The second-order valence-electron chi connectivity index (χ2n) is 6.43. The van der Waals surface area contributed by atoms with Crippen LogP contribution >= 0.6 is 0 Å². The minimum absolute atomic E-state index is 0.158. The Labute approximate surface area is 149 Å². The number of nitrogens with zero attached hydrogens (tertiary/aromatic N) is 7. The molecule has 2 aromatic heterocycles. The quantitative estimate of drug-likeness (QED) is 0.665. The van der Waals surface area contributed by atoms with Gasteiger partial charge in [0, 0.05) is 51.4 Å². The van der Waals surface area contributed by atoms with Crippen LogP contribution < -0.4 is 4.90 Å². The van der Waals surface area contributed by atoms with Gasteiger partial charge in [0.25, 0.3) is 0 Å². The molecular formula is C16H19N7O3. The lowest BCUT2D eigenvalue weighted by Crippen LogP contribution is -2.52. The van der Waals surface area contributed by atoms with Crippen molar-refractivity contribution in [3.8, 4) is 0 Å². The van der Waals surface area contributed by atoms with E-state index in [-0.39, 0.29) is 37.1 Å². The van der Waals surface area contributed by atoms with E-state index in [4.69, 9.17) is 0 Å². The molecule has 0 unspecified atom stereocenters. The van der Waals surface area contributed by atoms with Crippen molar-refractivity contribution in [1.29, 1.82) is 0 Å². The van der Waals surface area contributed by atoms with E-state index in [1.165, 1.54) is 0 Å². The van der Waals surface area contributed by atoms with Gasteiger partial charge in [-0.05, 0) is 6.92 Å². The molecule has 0 saturated carbocycles. The predicted molar refractivity (Wildman–Crippen MR) is 90.3 cm³/mol. The maximum absolute atomic E-state index is 12.4. The Kier molecular flexibility index (Phi) is 4.02. The lowest BCUT2D eigenvalue weighted by Gasteiger charge is -2.35. The van der Waals surface area contributed by atoms with E-state index in [2.05, 4.69) is 20.1 Å². The highest BCUT2D eigenvalue weighted by atomic mass is 16.2. The van der Waals surface area contributed by atoms with Crippen molar-refractivity contribution in [2.24, 2.45) is 0 Å².